The van der Waals surface area contributed by atoms with Crippen molar-refractivity contribution in [1.82, 2.24) is 4.31 Å². The largest absolute Gasteiger partial charge is 0.505 e. The number of rotatable bonds is 5. The van der Waals surface area contributed by atoms with Crippen LogP contribution in [0.5, 0.6) is 5.75 Å². The van der Waals surface area contributed by atoms with Crippen LogP contribution in [0.1, 0.15) is 30.7 Å². The van der Waals surface area contributed by atoms with Crippen molar-refractivity contribution in [1.29, 1.82) is 5.26 Å². The topological polar surface area (TPSA) is 121 Å². The number of nitriles is 1. The molecule has 0 radical (unpaired) electrons. The van der Waals surface area contributed by atoms with Gasteiger partial charge in [0.05, 0.1) is 17.2 Å². The molecule has 2 aromatic rings. The van der Waals surface area contributed by atoms with Crippen LogP contribution in [-0.4, -0.2) is 36.4 Å². The average molecular weight is 470 g/mol. The Morgan fingerprint density at radius 3 is 2.53 bits per heavy atom. The quantitative estimate of drug-likeness (QED) is 0.662. The molecule has 0 bridgehead atoms. The van der Waals surface area contributed by atoms with Crippen molar-refractivity contribution in [2.24, 2.45) is 5.41 Å². The van der Waals surface area contributed by atoms with Gasteiger partial charge in [0.1, 0.15) is 5.75 Å². The monoisotopic (exact) mass is 470 g/mol. The van der Waals surface area contributed by atoms with Crippen LogP contribution in [0.25, 0.3) is 5.76 Å². The molecule has 8 nitrogen and oxygen atoms in total. The lowest BCUT2D eigenvalue weighted by atomic mass is 9.89. The first-order valence-corrected chi connectivity index (χ1v) is 10.4. The number of aliphatic hydroxyl groups is 1. The number of nitrogens with zero attached hydrogens (tertiary/aromatic N) is 2. The molecule has 0 saturated carbocycles. The number of aliphatic hydroxyl groups excluding tert-OH is 1. The van der Waals surface area contributed by atoms with E-state index >= 15 is 0 Å². The number of ether oxygens (including phenoxy) is 1. The molecule has 1 aliphatic heterocycles. The SMILES string of the molecule is C=C(O)c1ccc(S(=O)(=O)N2CC(C)(C)[C@@H](Oc3ccc(C#N)c(C(F)(F)F)c3)C2=O)o1. The number of sulfonamides is 1. The lowest BCUT2D eigenvalue weighted by Gasteiger charge is -2.24. The van der Waals surface area contributed by atoms with Gasteiger partial charge in [-0.1, -0.05) is 20.4 Å². The van der Waals surface area contributed by atoms with E-state index in [1.165, 1.54) is 19.9 Å². The summed E-state index contributed by atoms with van der Waals surface area (Å²) in [5.41, 5.74) is -2.98. The molecule has 0 unspecified atom stereocenters. The Balaban J connectivity index is 1.94. The van der Waals surface area contributed by atoms with Crippen molar-refractivity contribution in [2.45, 2.75) is 31.2 Å². The van der Waals surface area contributed by atoms with E-state index in [-0.39, 0.29) is 18.1 Å². The summed E-state index contributed by atoms with van der Waals surface area (Å²) in [5, 5.41) is 17.6. The van der Waals surface area contributed by atoms with Crippen molar-refractivity contribution in [2.75, 3.05) is 6.54 Å². The van der Waals surface area contributed by atoms with Crippen LogP contribution in [0, 0.1) is 16.7 Å². The first-order chi connectivity index (χ1) is 14.7. The van der Waals surface area contributed by atoms with Crippen LogP contribution in [-0.2, 0) is 21.0 Å². The van der Waals surface area contributed by atoms with E-state index in [4.69, 9.17) is 14.4 Å². The third kappa shape index (κ3) is 4.03. The maximum atomic E-state index is 13.2. The van der Waals surface area contributed by atoms with Gasteiger partial charge in [-0.25, -0.2) is 4.31 Å². The van der Waals surface area contributed by atoms with Gasteiger partial charge in [-0.2, -0.15) is 26.9 Å². The number of amides is 1. The summed E-state index contributed by atoms with van der Waals surface area (Å²) < 4.78 is 76.5. The lowest BCUT2D eigenvalue weighted by molar-refractivity contribution is -0.137. The second-order valence-electron chi connectivity index (χ2n) is 7.72. The summed E-state index contributed by atoms with van der Waals surface area (Å²) in [5.74, 6) is -2.07. The van der Waals surface area contributed by atoms with Crippen molar-refractivity contribution >= 4 is 21.7 Å². The van der Waals surface area contributed by atoms with E-state index in [9.17, 15) is 31.5 Å². The Hall–Kier alpha value is -3.46. The van der Waals surface area contributed by atoms with Crippen LogP contribution in [0.3, 0.4) is 0 Å². The summed E-state index contributed by atoms with van der Waals surface area (Å²) in [6.07, 6.45) is -6.27. The normalized spacial score (nSPS) is 18.4. The van der Waals surface area contributed by atoms with E-state index in [0.29, 0.717) is 10.4 Å². The number of carbonyl (C=O) groups excluding carboxylic acids is 1. The highest BCUT2D eigenvalue weighted by molar-refractivity contribution is 7.89. The van der Waals surface area contributed by atoms with Gasteiger partial charge in [-0.3, -0.25) is 4.79 Å². The zero-order chi connectivity index (χ0) is 24.1. The molecule has 12 heteroatoms. The molecule has 1 saturated heterocycles. The molecule has 0 aliphatic carbocycles. The van der Waals surface area contributed by atoms with Gasteiger partial charge >= 0.3 is 6.18 Å². The standard InChI is InChI=1S/C20H17F3N2O6S/c1-11(26)15-6-7-16(31-15)32(28,29)25-10-19(2,3)17(18(25)27)30-13-5-4-12(9-24)14(8-13)20(21,22)23/h4-8,17,26H,1,10H2,2-3H3/t17-/m0/s1. The van der Waals surface area contributed by atoms with Crippen molar-refractivity contribution in [3.8, 4) is 11.8 Å². The second kappa shape index (κ2) is 7.59. The third-order valence-electron chi connectivity index (χ3n) is 4.81. The van der Waals surface area contributed by atoms with Crippen LogP contribution in [0.4, 0.5) is 13.2 Å². The number of halogens is 3. The molecule has 32 heavy (non-hydrogen) atoms. The summed E-state index contributed by atoms with van der Waals surface area (Å²) in [4.78, 5) is 12.9. The van der Waals surface area contributed by atoms with Gasteiger partial charge in [0, 0.05) is 12.0 Å². The first kappa shape index (κ1) is 23.2. The minimum absolute atomic E-state index is 0.209. The molecule has 1 amide bonds. The highest BCUT2D eigenvalue weighted by Crippen LogP contribution is 2.39. The number of benzene rings is 1. The van der Waals surface area contributed by atoms with E-state index in [1.54, 1.807) is 0 Å². The number of hydrogen-bond acceptors (Lipinski definition) is 7. The summed E-state index contributed by atoms with van der Waals surface area (Å²) in [7, 11) is -4.48. The Morgan fingerprint density at radius 1 is 1.34 bits per heavy atom. The Labute approximate surface area is 181 Å². The third-order valence-corrected chi connectivity index (χ3v) is 6.43. The van der Waals surface area contributed by atoms with Gasteiger partial charge in [0.2, 0.25) is 5.09 Å². The minimum atomic E-state index is -4.83. The highest BCUT2D eigenvalue weighted by Gasteiger charge is 2.53. The van der Waals surface area contributed by atoms with Crippen LogP contribution in [0.2, 0.25) is 0 Å². The number of carbonyl (C=O) groups is 1. The number of furan rings is 1. The fraction of sp³-hybridized carbons (Fsp3) is 0.300. The molecular formula is C20H17F3N2O6S. The second-order valence-corrected chi connectivity index (χ2v) is 9.51. The van der Waals surface area contributed by atoms with Crippen molar-refractivity contribution in [3.63, 3.8) is 0 Å². The zero-order valence-electron chi connectivity index (χ0n) is 16.8. The molecule has 2 heterocycles. The van der Waals surface area contributed by atoms with Gasteiger partial charge in [0.15, 0.2) is 17.6 Å². The predicted molar refractivity (Wildman–Crippen MR) is 104 cm³/mol. The van der Waals surface area contributed by atoms with Gasteiger partial charge in [-0.15, -0.1) is 0 Å². The zero-order valence-corrected chi connectivity index (χ0v) is 17.6. The van der Waals surface area contributed by atoms with Crippen LogP contribution >= 0.6 is 0 Å². The molecule has 1 aromatic heterocycles. The van der Waals surface area contributed by atoms with E-state index in [0.717, 1.165) is 24.3 Å². The van der Waals surface area contributed by atoms with Crippen molar-refractivity contribution < 1.29 is 40.6 Å². The molecule has 1 fully saturated rings. The molecule has 1 aromatic carbocycles. The molecule has 1 N–H and O–H groups in total. The Bertz CT molecular complexity index is 1240. The first-order valence-electron chi connectivity index (χ1n) is 9.01. The van der Waals surface area contributed by atoms with E-state index in [1.807, 2.05) is 0 Å². The molecular weight excluding hydrogens is 453 g/mol. The Morgan fingerprint density at radius 2 is 2.00 bits per heavy atom. The molecule has 3 rings (SSSR count). The highest BCUT2D eigenvalue weighted by atomic mass is 32.2. The van der Waals surface area contributed by atoms with E-state index < -0.39 is 55.6 Å². The fourth-order valence-corrected chi connectivity index (χ4v) is 4.68. The lowest BCUT2D eigenvalue weighted by Crippen LogP contribution is -2.38. The summed E-state index contributed by atoms with van der Waals surface area (Å²) in [6.45, 7) is 5.91. The van der Waals surface area contributed by atoms with Gasteiger partial charge < -0.3 is 14.3 Å². The van der Waals surface area contributed by atoms with E-state index in [2.05, 4.69) is 6.58 Å². The maximum Gasteiger partial charge on any atom is 0.417 e. The minimum Gasteiger partial charge on any atom is -0.505 e. The number of alkyl halides is 3. The average Bonchev–Trinajstić information content (AvgIpc) is 3.27. The summed E-state index contributed by atoms with van der Waals surface area (Å²) in [6, 6.07) is 6.23. The fourth-order valence-electron chi connectivity index (χ4n) is 3.20. The molecule has 1 atom stereocenters. The van der Waals surface area contributed by atoms with Crippen LogP contribution < -0.4 is 4.74 Å². The summed E-state index contributed by atoms with van der Waals surface area (Å²) >= 11 is 0. The van der Waals surface area contributed by atoms with Gasteiger partial charge in [-0.05, 0) is 30.3 Å². The smallest absolute Gasteiger partial charge is 0.417 e. The van der Waals surface area contributed by atoms with Gasteiger partial charge in [0.25, 0.3) is 15.9 Å². The van der Waals surface area contributed by atoms with Crippen LogP contribution in [0.15, 0.2) is 46.4 Å². The van der Waals surface area contributed by atoms with Crippen molar-refractivity contribution in [3.05, 3.63) is 53.8 Å². The molecule has 0 spiro atoms. The molecule has 170 valence electrons. The maximum absolute atomic E-state index is 13.2. The number of hydrogen-bond donors (Lipinski definition) is 1. The molecule has 1 aliphatic rings. The predicted octanol–water partition coefficient (Wildman–Crippen LogP) is 3.70. The Kier molecular flexibility index (Phi) is 5.51.